The first-order valence-electron chi connectivity index (χ1n) is 44.7. The molecule has 5 rings (SSSR count). The summed E-state index contributed by atoms with van der Waals surface area (Å²) in [5.41, 5.74) is 7.70. The molecule has 2 fully saturated rings. The number of aliphatic hydroxyl groups excluding tert-OH is 17. The van der Waals surface area contributed by atoms with Gasteiger partial charge in [-0.05, 0) is 119 Å². The summed E-state index contributed by atoms with van der Waals surface area (Å²) in [5, 5.41) is 267. The van der Waals surface area contributed by atoms with Gasteiger partial charge in [0.2, 0.25) is 94.4 Å². The van der Waals surface area contributed by atoms with Crippen LogP contribution in [0.2, 0.25) is 0 Å². The molecule has 141 heavy (non-hydrogen) atoms. The van der Waals surface area contributed by atoms with E-state index in [1.165, 1.54) is 41.0 Å². The number of aliphatic carboxylic acids is 6. The van der Waals surface area contributed by atoms with Crippen LogP contribution in [0.1, 0.15) is 161 Å². The number of hydrogen-bond acceptors (Lipinski definition) is 27. The Bertz CT molecular complexity index is 5250. The Kier molecular flexibility index (Phi) is 47.1. The average Bonchev–Trinajstić information content (AvgIpc) is 1.70. The zero-order chi connectivity index (χ0) is 105. The monoisotopic (exact) mass is 1980 g/mol. The number of phenolic OH excluding ortho intramolecular Hbond substituents is 1. The van der Waals surface area contributed by atoms with Crippen molar-refractivity contribution in [1.82, 2.24) is 9.80 Å². The Labute approximate surface area is 807 Å². The van der Waals surface area contributed by atoms with Gasteiger partial charge < -0.3 is 138 Å². The van der Waals surface area contributed by atoms with Crippen molar-refractivity contribution in [2.45, 2.75) is 267 Å². The average molecular weight is 1990 g/mol. The van der Waals surface area contributed by atoms with E-state index < -0.39 is 322 Å². The summed E-state index contributed by atoms with van der Waals surface area (Å²) in [7, 11) is 0. The van der Waals surface area contributed by atoms with Crippen LogP contribution in [0.3, 0.4) is 0 Å². The van der Waals surface area contributed by atoms with Crippen LogP contribution in [-0.4, -0.2) is 403 Å². The maximum atomic E-state index is 14.9. The molecule has 0 aromatic heterocycles. The summed E-state index contributed by atoms with van der Waals surface area (Å²) < 4.78 is 0. The highest BCUT2D eigenvalue weighted by Gasteiger charge is 2.41. The molecule has 2 aliphatic rings. The van der Waals surface area contributed by atoms with Crippen LogP contribution < -0.4 is 5.73 Å². The first kappa shape index (κ1) is 116. The fourth-order valence-corrected chi connectivity index (χ4v) is 14.0. The molecule has 3 aromatic rings. The Morgan fingerprint density at radius 1 is 0.362 bits per heavy atom. The number of phenols is 1. The number of nitrogens with one attached hydrogen (secondary N) is 1. The molecule has 772 valence electrons. The van der Waals surface area contributed by atoms with Gasteiger partial charge in [-0.25, -0.2) is 79.7 Å². The van der Waals surface area contributed by atoms with Gasteiger partial charge in [-0.3, -0.25) is 39.0 Å². The fourth-order valence-electron chi connectivity index (χ4n) is 14.0. The molecule has 2 saturated heterocycles. The summed E-state index contributed by atoms with van der Waals surface area (Å²) in [6.45, 7) is 7.98. The third-order valence-electron chi connectivity index (χ3n) is 21.6. The van der Waals surface area contributed by atoms with Crippen molar-refractivity contribution < 1.29 is 161 Å². The third-order valence-corrected chi connectivity index (χ3v) is 21.6. The second-order valence-electron chi connectivity index (χ2n) is 33.8. The Balaban J connectivity index is 1.41. The molecular formula is C90H125N19O32. The van der Waals surface area contributed by atoms with E-state index in [9.17, 15) is 161 Å². The highest BCUT2D eigenvalue weighted by Crippen LogP contribution is 2.28. The third kappa shape index (κ3) is 39.6. The first-order chi connectivity index (χ1) is 66.4. The predicted octanol–water partition coefficient (Wildman–Crippen LogP) is 6.94. The molecule has 0 aliphatic carbocycles. The molecule has 3 aromatic carbocycles. The number of carbonyl (C=O) groups excluding carboxylic acids is 2. The van der Waals surface area contributed by atoms with E-state index in [0.29, 0.717) is 23.1 Å². The highest BCUT2D eigenvalue weighted by molar-refractivity contribution is 5.99. The number of aliphatic imine (C=N–C) groups is 15. The lowest BCUT2D eigenvalue weighted by molar-refractivity contribution is -0.139. The number of likely N-dealkylation sites (tertiary alicyclic amines) is 2. The minimum atomic E-state index is -2.26. The van der Waals surface area contributed by atoms with Crippen molar-refractivity contribution in [3.63, 3.8) is 0 Å². The summed E-state index contributed by atoms with van der Waals surface area (Å²) in [5.74, 6) is -27.6. The second kappa shape index (κ2) is 57.1. The molecule has 17 unspecified atom stereocenters. The maximum Gasteiger partial charge on any atom is 0.328 e. The van der Waals surface area contributed by atoms with Gasteiger partial charge >= 0.3 is 35.8 Å². The summed E-state index contributed by atoms with van der Waals surface area (Å²) >= 11 is 0. The summed E-state index contributed by atoms with van der Waals surface area (Å²) in [6, 6.07) is -5.52. The molecule has 0 bridgehead atoms. The van der Waals surface area contributed by atoms with Crippen LogP contribution in [0.15, 0.2) is 160 Å². The SMILES string of the molecule is CC(C)CC(N=C(O)C1CCCN1C(=O)C(Cc1ccccc1)N=C(O)C(C)N=C(O)C(CCC(=O)O)N=C(O)C(C)N=C(O)C(CO)N=C(O)C(CCC(=O)O)N=C(O)C(CC(=O)O)N=C(O)C(CCC(=O)O)N=C(O)C(C)N=C(O)CN=C(O)C(CC(=N)O)N=C(O)C1CCCN1C(=O)C(Cc1ccc(O)cc1)N=C(O)C(N)C(C)C)C(O)=NC(CCC(=O)O)C(O)=NC(Cc1ccccc1)C(=O)O. The molecule has 2 aliphatic heterocycles. The Hall–Kier alpha value is -15.3. The van der Waals surface area contributed by atoms with Crippen molar-refractivity contribution in [2.75, 3.05) is 26.2 Å². The zero-order valence-corrected chi connectivity index (χ0v) is 78.3. The van der Waals surface area contributed by atoms with Crippen LogP contribution in [0.25, 0.3) is 0 Å². The van der Waals surface area contributed by atoms with Crippen LogP contribution in [0, 0.1) is 17.2 Å². The van der Waals surface area contributed by atoms with Crippen molar-refractivity contribution >= 4 is 142 Å². The van der Waals surface area contributed by atoms with Gasteiger partial charge in [0, 0.05) is 58.0 Å². The number of nitrogens with two attached hydrogens (primary N) is 1. The summed E-state index contributed by atoms with van der Waals surface area (Å²) in [6.07, 6.45) is -7.81. The van der Waals surface area contributed by atoms with Gasteiger partial charge in [0.15, 0.2) is 23.9 Å². The topological polar surface area (TPSA) is 864 Å². The molecule has 0 saturated carbocycles. The lowest BCUT2D eigenvalue weighted by Gasteiger charge is -2.27. The van der Waals surface area contributed by atoms with Crippen molar-refractivity contribution in [1.29, 1.82) is 5.41 Å². The van der Waals surface area contributed by atoms with Crippen LogP contribution in [0.4, 0.5) is 0 Å². The maximum absolute atomic E-state index is 14.9. The van der Waals surface area contributed by atoms with E-state index in [1.54, 1.807) is 88.4 Å². The van der Waals surface area contributed by atoms with E-state index in [2.05, 4.69) is 74.9 Å². The van der Waals surface area contributed by atoms with Gasteiger partial charge in [-0.15, -0.1) is 0 Å². The van der Waals surface area contributed by atoms with Crippen molar-refractivity contribution in [3.8, 4) is 5.75 Å². The molecule has 51 nitrogen and oxygen atoms in total. The number of carbonyl (C=O) groups is 8. The molecule has 27 N–H and O–H groups in total. The number of nitrogens with zero attached hydrogens (tertiary/aromatic N) is 17. The first-order valence-corrected chi connectivity index (χ1v) is 44.7. The second-order valence-corrected chi connectivity index (χ2v) is 33.8. The lowest BCUT2D eigenvalue weighted by Crippen LogP contribution is -2.47. The molecule has 2 heterocycles. The van der Waals surface area contributed by atoms with Crippen LogP contribution in [0.5, 0.6) is 5.75 Å². The molecule has 0 spiro atoms. The van der Waals surface area contributed by atoms with Crippen molar-refractivity contribution in [2.24, 2.45) is 92.5 Å². The number of aliphatic hydroxyl groups is 17. The van der Waals surface area contributed by atoms with E-state index >= 15 is 0 Å². The number of aromatic hydroxyl groups is 1. The number of carboxylic acids is 6. The van der Waals surface area contributed by atoms with Crippen LogP contribution in [-0.2, 0) is 57.6 Å². The van der Waals surface area contributed by atoms with E-state index in [-0.39, 0.29) is 75.6 Å². The van der Waals surface area contributed by atoms with Gasteiger partial charge in [-0.2, -0.15) is 0 Å². The van der Waals surface area contributed by atoms with Gasteiger partial charge in [0.1, 0.15) is 96.9 Å². The fraction of sp³-hybridized carbons (Fsp3) is 0.533. The van der Waals surface area contributed by atoms with Crippen molar-refractivity contribution in [3.05, 3.63) is 102 Å². The zero-order valence-electron chi connectivity index (χ0n) is 78.3. The molecule has 2 amide bonds. The number of hydrogen-bond donors (Lipinski definition) is 26. The summed E-state index contributed by atoms with van der Waals surface area (Å²) in [4.78, 5) is 163. The Morgan fingerprint density at radius 2 is 0.688 bits per heavy atom. The largest absolute Gasteiger partial charge is 0.508 e. The van der Waals surface area contributed by atoms with Gasteiger partial charge in [-0.1, -0.05) is 100 Å². The van der Waals surface area contributed by atoms with E-state index in [1.807, 2.05) is 0 Å². The number of benzene rings is 3. The standard InChI is InChI=1S/C90H125N19O32/c1-44(2)36-57(82(132)99-55(28-32-70(118)119)80(130)106-62(90(140)141)39-50-18-12-9-13-19-50)102-85(135)64-20-14-34-108(64)88(138)60(37-49-16-10-8-11-17-49)104-76(126)48(7)95-78(128)53(26-30-68(114)115)97-75(125)47(6)96-84(134)63(43-110)107-81(131)56(29-33-71(120)121)100-83(133)59(41-72(122)123)101-79(129)54(27-31-69(116)117)98-74(124)46(5)94-67(113)42-93-77(127)58(40-66(91)112)103-86(136)65-21-15-35-109(65)89(139)61(105-87(137)73(92)45(3)4)38-51-22-24-52(111)25-23-51/h8-13,16-19,22-25,44-48,53-65,73,110-111H,14-15,20-21,26-43,92H2,1-7H3,(H2,91,112)(H,93,127)(H,94,113)(H,95,128)(H,96,134)(H,97,125)(H,98,124)(H,99,132)(H,100,133)(H,101,129)(H,102,135)(H,103,136)(H,104,126)(H,105,137)(H,106,130)(H,107,131)(H,114,115)(H,116,117)(H,118,119)(H,120,121)(H,122,123)(H,140,141). The number of amides is 2. The van der Waals surface area contributed by atoms with Crippen LogP contribution >= 0.6 is 0 Å². The molecule has 51 heteroatoms. The van der Waals surface area contributed by atoms with Gasteiger partial charge in [0.25, 0.3) is 0 Å². The smallest absolute Gasteiger partial charge is 0.328 e. The lowest BCUT2D eigenvalue weighted by atomic mass is 10.0. The van der Waals surface area contributed by atoms with Gasteiger partial charge in [0.05, 0.1) is 25.5 Å². The minimum Gasteiger partial charge on any atom is -0.508 e. The molecule has 17 atom stereocenters. The minimum absolute atomic E-state index is 0.0236. The highest BCUT2D eigenvalue weighted by atomic mass is 16.4. The quantitative estimate of drug-likeness (QED) is 0.0201. The molecular weight excluding hydrogens is 1860 g/mol. The van der Waals surface area contributed by atoms with E-state index in [0.717, 1.165) is 13.8 Å². The predicted molar refractivity (Wildman–Crippen MR) is 519 cm³/mol. The normalized spacial score (nSPS) is 19.2. The van der Waals surface area contributed by atoms with E-state index in [4.69, 9.17) is 11.1 Å². The molecule has 0 radical (unpaired) electrons. The number of carboxylic acid groups (broad SMARTS) is 6. The number of rotatable bonds is 59. The Morgan fingerprint density at radius 3 is 1.07 bits per heavy atom.